The van der Waals surface area contributed by atoms with Crippen molar-refractivity contribution in [1.82, 2.24) is 10.6 Å². The van der Waals surface area contributed by atoms with E-state index in [2.05, 4.69) is 10.6 Å². The molecular weight excluding hydrogens is 364 g/mol. The Morgan fingerprint density at radius 1 is 1.04 bits per heavy atom. The average Bonchev–Trinajstić information content (AvgIpc) is 2.60. The SMILES string of the molecule is Cc1ccccc1C(=O)NCCC(=O)NCc1ccc(F)cc1C(F)(F)F. The number of hydrogen-bond donors (Lipinski definition) is 2. The van der Waals surface area contributed by atoms with Gasteiger partial charge >= 0.3 is 6.18 Å². The van der Waals surface area contributed by atoms with Crippen LogP contribution in [0.3, 0.4) is 0 Å². The van der Waals surface area contributed by atoms with Crippen LogP contribution in [0, 0.1) is 12.7 Å². The van der Waals surface area contributed by atoms with E-state index < -0.39 is 23.5 Å². The van der Waals surface area contributed by atoms with Crippen LogP contribution in [0.2, 0.25) is 0 Å². The van der Waals surface area contributed by atoms with Crippen molar-refractivity contribution >= 4 is 11.8 Å². The number of benzene rings is 2. The van der Waals surface area contributed by atoms with E-state index in [-0.39, 0.29) is 31.0 Å². The summed E-state index contributed by atoms with van der Waals surface area (Å²) in [4.78, 5) is 23.8. The van der Waals surface area contributed by atoms with Crippen LogP contribution < -0.4 is 10.6 Å². The van der Waals surface area contributed by atoms with Crippen molar-refractivity contribution < 1.29 is 27.2 Å². The molecule has 27 heavy (non-hydrogen) atoms. The van der Waals surface area contributed by atoms with Gasteiger partial charge in [-0.3, -0.25) is 9.59 Å². The molecule has 0 radical (unpaired) electrons. The Bertz CT molecular complexity index is 835. The Morgan fingerprint density at radius 2 is 1.74 bits per heavy atom. The molecule has 0 aliphatic carbocycles. The van der Waals surface area contributed by atoms with Gasteiger partial charge in [0.25, 0.3) is 5.91 Å². The van der Waals surface area contributed by atoms with Crippen LogP contribution >= 0.6 is 0 Å². The number of amides is 2. The predicted molar refractivity (Wildman–Crippen MR) is 91.4 cm³/mol. The summed E-state index contributed by atoms with van der Waals surface area (Å²) in [6.45, 7) is 1.43. The first kappa shape index (κ1) is 20.4. The predicted octanol–water partition coefficient (Wildman–Crippen LogP) is 3.59. The van der Waals surface area contributed by atoms with E-state index in [9.17, 15) is 27.2 Å². The first-order valence-electron chi connectivity index (χ1n) is 8.14. The number of carbonyl (C=O) groups is 2. The van der Waals surface area contributed by atoms with Gasteiger partial charge in [-0.1, -0.05) is 24.3 Å². The summed E-state index contributed by atoms with van der Waals surface area (Å²) in [5, 5.41) is 4.93. The Kier molecular flexibility index (Phi) is 6.55. The Morgan fingerprint density at radius 3 is 2.41 bits per heavy atom. The molecule has 2 N–H and O–H groups in total. The Balaban J connectivity index is 1.85. The summed E-state index contributed by atoms with van der Waals surface area (Å²) in [5.74, 6) is -1.87. The lowest BCUT2D eigenvalue weighted by Gasteiger charge is -2.14. The van der Waals surface area contributed by atoms with Gasteiger partial charge in [-0.25, -0.2) is 4.39 Å². The standard InChI is InChI=1S/C19H18F4N2O2/c1-12-4-2-3-5-15(12)18(27)24-9-8-17(26)25-11-13-6-7-14(20)10-16(13)19(21,22)23/h2-7,10H,8-9,11H2,1H3,(H,24,27)(H,25,26). The molecule has 4 nitrogen and oxygen atoms in total. The third kappa shape index (κ3) is 5.80. The van der Waals surface area contributed by atoms with Crippen molar-refractivity contribution in [3.8, 4) is 0 Å². The maximum absolute atomic E-state index is 13.1. The van der Waals surface area contributed by atoms with E-state index in [1.807, 2.05) is 0 Å². The first-order valence-corrected chi connectivity index (χ1v) is 8.14. The number of aryl methyl sites for hydroxylation is 1. The summed E-state index contributed by atoms with van der Waals surface area (Å²) < 4.78 is 51.8. The molecule has 0 bridgehead atoms. The van der Waals surface area contributed by atoms with Gasteiger partial charge in [0.05, 0.1) is 5.56 Å². The van der Waals surface area contributed by atoms with Crippen molar-refractivity contribution in [1.29, 1.82) is 0 Å². The maximum atomic E-state index is 13.1. The quantitative estimate of drug-likeness (QED) is 0.751. The molecule has 0 unspecified atom stereocenters. The lowest BCUT2D eigenvalue weighted by Crippen LogP contribution is -2.31. The lowest BCUT2D eigenvalue weighted by atomic mass is 10.1. The van der Waals surface area contributed by atoms with Crippen LogP contribution in [0.25, 0.3) is 0 Å². The number of carbonyl (C=O) groups excluding carboxylic acids is 2. The highest BCUT2D eigenvalue weighted by Crippen LogP contribution is 2.32. The topological polar surface area (TPSA) is 58.2 Å². The van der Waals surface area contributed by atoms with Gasteiger partial charge in [0, 0.05) is 25.1 Å². The molecule has 0 fully saturated rings. The third-order valence-corrected chi connectivity index (χ3v) is 3.88. The fourth-order valence-electron chi connectivity index (χ4n) is 2.46. The minimum atomic E-state index is -4.72. The molecule has 2 aromatic rings. The number of rotatable bonds is 6. The highest BCUT2D eigenvalue weighted by atomic mass is 19.4. The van der Waals surface area contributed by atoms with Gasteiger partial charge in [-0.15, -0.1) is 0 Å². The second-order valence-electron chi connectivity index (χ2n) is 5.90. The zero-order chi connectivity index (χ0) is 20.0. The molecule has 0 spiro atoms. The zero-order valence-corrected chi connectivity index (χ0v) is 14.5. The van der Waals surface area contributed by atoms with E-state index in [1.165, 1.54) is 0 Å². The second-order valence-corrected chi connectivity index (χ2v) is 5.90. The number of halogens is 4. The van der Waals surface area contributed by atoms with Crippen molar-refractivity contribution in [3.05, 3.63) is 70.5 Å². The van der Waals surface area contributed by atoms with Crippen molar-refractivity contribution in [3.63, 3.8) is 0 Å². The summed E-state index contributed by atoms with van der Waals surface area (Å²) in [5.41, 5.74) is -0.0914. The van der Waals surface area contributed by atoms with Crippen LogP contribution in [-0.4, -0.2) is 18.4 Å². The van der Waals surface area contributed by atoms with E-state index in [4.69, 9.17) is 0 Å². The molecule has 0 aromatic heterocycles. The molecule has 144 valence electrons. The maximum Gasteiger partial charge on any atom is 0.416 e. The monoisotopic (exact) mass is 382 g/mol. The lowest BCUT2D eigenvalue weighted by molar-refractivity contribution is -0.138. The van der Waals surface area contributed by atoms with E-state index in [0.717, 1.165) is 17.7 Å². The van der Waals surface area contributed by atoms with Crippen molar-refractivity contribution in [2.75, 3.05) is 6.54 Å². The summed E-state index contributed by atoms with van der Waals surface area (Å²) >= 11 is 0. The molecule has 0 saturated carbocycles. The molecule has 0 saturated heterocycles. The molecular formula is C19H18F4N2O2. The molecule has 2 rings (SSSR count). The van der Waals surface area contributed by atoms with Gasteiger partial charge < -0.3 is 10.6 Å². The molecule has 0 heterocycles. The Labute approximate surface area is 153 Å². The minimum Gasteiger partial charge on any atom is -0.352 e. The zero-order valence-electron chi connectivity index (χ0n) is 14.5. The van der Waals surface area contributed by atoms with Crippen molar-refractivity contribution in [2.24, 2.45) is 0 Å². The summed E-state index contributed by atoms with van der Waals surface area (Å²) in [6.07, 6.45) is -4.82. The molecule has 0 aliphatic heterocycles. The summed E-state index contributed by atoms with van der Waals surface area (Å²) in [6, 6.07) is 9.22. The molecule has 2 aromatic carbocycles. The van der Waals surface area contributed by atoms with Gasteiger partial charge in [-0.2, -0.15) is 13.2 Å². The highest BCUT2D eigenvalue weighted by molar-refractivity contribution is 5.95. The van der Waals surface area contributed by atoms with Gasteiger partial charge in [0.2, 0.25) is 5.91 Å². The second kappa shape index (κ2) is 8.66. The molecule has 8 heteroatoms. The number of alkyl halides is 3. The van der Waals surface area contributed by atoms with Crippen molar-refractivity contribution in [2.45, 2.75) is 26.1 Å². The van der Waals surface area contributed by atoms with Gasteiger partial charge in [0.1, 0.15) is 5.82 Å². The van der Waals surface area contributed by atoms with Crippen LogP contribution in [0.4, 0.5) is 17.6 Å². The van der Waals surface area contributed by atoms with Gasteiger partial charge in [0.15, 0.2) is 0 Å². The first-order chi connectivity index (χ1) is 12.7. The fraction of sp³-hybridized carbons (Fsp3) is 0.263. The highest BCUT2D eigenvalue weighted by Gasteiger charge is 2.33. The Hall–Kier alpha value is -2.90. The molecule has 2 amide bonds. The fourth-order valence-corrected chi connectivity index (χ4v) is 2.46. The largest absolute Gasteiger partial charge is 0.416 e. The normalized spacial score (nSPS) is 11.1. The van der Waals surface area contributed by atoms with Crippen LogP contribution in [0.1, 0.15) is 33.5 Å². The number of nitrogens with one attached hydrogen (secondary N) is 2. The van der Waals surface area contributed by atoms with Crippen LogP contribution in [0.15, 0.2) is 42.5 Å². The van der Waals surface area contributed by atoms with Gasteiger partial charge in [-0.05, 0) is 36.2 Å². The molecule has 0 aliphatic rings. The van der Waals surface area contributed by atoms with E-state index in [1.54, 1.807) is 31.2 Å². The van der Waals surface area contributed by atoms with Crippen LogP contribution in [-0.2, 0) is 17.5 Å². The summed E-state index contributed by atoms with van der Waals surface area (Å²) in [7, 11) is 0. The average molecular weight is 382 g/mol. The smallest absolute Gasteiger partial charge is 0.352 e. The third-order valence-electron chi connectivity index (χ3n) is 3.88. The van der Waals surface area contributed by atoms with E-state index in [0.29, 0.717) is 11.6 Å². The van der Waals surface area contributed by atoms with Crippen LogP contribution in [0.5, 0.6) is 0 Å². The van der Waals surface area contributed by atoms with E-state index >= 15 is 0 Å². The number of hydrogen-bond acceptors (Lipinski definition) is 2. The molecule has 0 atom stereocenters. The minimum absolute atomic E-state index is 0.0363.